The maximum Gasteiger partial charge on any atom is 0.254 e. The molecule has 0 radical (unpaired) electrons. The van der Waals surface area contributed by atoms with Gasteiger partial charge in [0.1, 0.15) is 6.54 Å². The van der Waals surface area contributed by atoms with Crippen molar-refractivity contribution in [2.75, 3.05) is 18.4 Å². The topological polar surface area (TPSA) is 122 Å². The van der Waals surface area contributed by atoms with Gasteiger partial charge in [0.25, 0.3) is 5.56 Å². The molecule has 1 aliphatic rings. The number of hydrogen-bond acceptors (Lipinski definition) is 5. The van der Waals surface area contributed by atoms with E-state index in [1.165, 1.54) is 17.0 Å². The van der Waals surface area contributed by atoms with E-state index < -0.39 is 11.0 Å². The molecular formula is C23H28ClN5O4. The van der Waals surface area contributed by atoms with Crippen molar-refractivity contribution in [3.05, 3.63) is 46.0 Å². The summed E-state index contributed by atoms with van der Waals surface area (Å²) in [6.45, 7) is 6.18. The van der Waals surface area contributed by atoms with Crippen molar-refractivity contribution in [2.45, 2.75) is 40.2 Å². The number of carbonyl (C=O) groups is 3. The van der Waals surface area contributed by atoms with Gasteiger partial charge in [-0.05, 0) is 30.5 Å². The largest absolute Gasteiger partial charge is 0.356 e. The zero-order chi connectivity index (χ0) is 24.2. The van der Waals surface area contributed by atoms with E-state index in [0.717, 1.165) is 6.42 Å². The Bertz CT molecular complexity index is 1110. The number of piperidine rings is 1. The molecule has 2 heterocycles. The Morgan fingerprint density at radius 1 is 1.24 bits per heavy atom. The summed E-state index contributed by atoms with van der Waals surface area (Å²) in [7, 11) is 0. The first-order valence-corrected chi connectivity index (χ1v) is 11.1. The lowest BCUT2D eigenvalue weighted by molar-refractivity contribution is -0.124. The Labute approximate surface area is 196 Å². The van der Waals surface area contributed by atoms with Gasteiger partial charge >= 0.3 is 0 Å². The molecule has 3 amide bonds. The monoisotopic (exact) mass is 473 g/mol. The van der Waals surface area contributed by atoms with Crippen LogP contribution >= 0.6 is 11.6 Å². The molecule has 1 unspecified atom stereocenters. The number of nitrogens with zero attached hydrogens (tertiary/aromatic N) is 2. The molecule has 33 heavy (non-hydrogen) atoms. The average molecular weight is 474 g/mol. The van der Waals surface area contributed by atoms with Gasteiger partial charge in [-0.3, -0.25) is 23.7 Å². The number of nitrogens with one attached hydrogen (secondary N) is 3. The number of amides is 3. The van der Waals surface area contributed by atoms with Gasteiger partial charge < -0.3 is 16.0 Å². The fourth-order valence-corrected chi connectivity index (χ4v) is 3.44. The molecule has 0 aliphatic carbocycles. The molecular weight excluding hydrogens is 446 g/mol. The molecule has 1 atom stereocenters. The number of halogens is 1. The molecule has 1 saturated heterocycles. The van der Waals surface area contributed by atoms with Crippen LogP contribution in [-0.2, 0) is 20.9 Å². The fourth-order valence-electron chi connectivity index (χ4n) is 3.27. The lowest BCUT2D eigenvalue weighted by Crippen LogP contribution is -2.42. The van der Waals surface area contributed by atoms with Crippen molar-refractivity contribution >= 4 is 35.0 Å². The zero-order valence-corrected chi connectivity index (χ0v) is 19.7. The van der Waals surface area contributed by atoms with Crippen LogP contribution in [0.25, 0.3) is 11.3 Å². The summed E-state index contributed by atoms with van der Waals surface area (Å²) in [4.78, 5) is 52.9. The SMILES string of the molecule is CC(C)(C)C(=O)Nc1cc(Cl)ccc1-c1cc(=O)n(CC(=O)NCC2CCC(=O)NC2)cn1. The van der Waals surface area contributed by atoms with E-state index >= 15 is 0 Å². The van der Waals surface area contributed by atoms with Crippen LogP contribution in [0.2, 0.25) is 5.02 Å². The molecule has 176 valence electrons. The lowest BCUT2D eigenvalue weighted by atomic mass is 9.95. The second kappa shape index (κ2) is 10.2. The molecule has 10 heteroatoms. The van der Waals surface area contributed by atoms with Gasteiger partial charge in [0.05, 0.1) is 17.7 Å². The zero-order valence-electron chi connectivity index (χ0n) is 18.9. The summed E-state index contributed by atoms with van der Waals surface area (Å²) in [5.41, 5.74) is 0.334. The van der Waals surface area contributed by atoms with Gasteiger partial charge in [-0.15, -0.1) is 0 Å². The number of hydrogen-bond donors (Lipinski definition) is 3. The predicted molar refractivity (Wildman–Crippen MR) is 126 cm³/mol. The third-order valence-electron chi connectivity index (χ3n) is 5.34. The Morgan fingerprint density at radius 3 is 2.64 bits per heavy atom. The van der Waals surface area contributed by atoms with Crippen LogP contribution in [-0.4, -0.2) is 40.4 Å². The van der Waals surface area contributed by atoms with Crippen molar-refractivity contribution in [3.8, 4) is 11.3 Å². The van der Waals surface area contributed by atoms with E-state index in [-0.39, 0.29) is 30.2 Å². The molecule has 9 nitrogen and oxygen atoms in total. The van der Waals surface area contributed by atoms with E-state index in [1.807, 2.05) is 0 Å². The van der Waals surface area contributed by atoms with Crippen LogP contribution in [0.1, 0.15) is 33.6 Å². The third kappa shape index (κ3) is 6.64. The van der Waals surface area contributed by atoms with Crippen LogP contribution in [0.5, 0.6) is 0 Å². The van der Waals surface area contributed by atoms with Crippen molar-refractivity contribution in [3.63, 3.8) is 0 Å². The van der Waals surface area contributed by atoms with Gasteiger partial charge in [0, 0.05) is 41.6 Å². The quantitative estimate of drug-likeness (QED) is 0.593. The minimum atomic E-state index is -0.618. The highest BCUT2D eigenvalue weighted by molar-refractivity contribution is 6.31. The molecule has 0 spiro atoms. The number of benzene rings is 1. The molecule has 1 aliphatic heterocycles. The summed E-state index contributed by atoms with van der Waals surface area (Å²) in [5.74, 6) is -0.311. The normalized spacial score (nSPS) is 16.1. The van der Waals surface area contributed by atoms with Crippen LogP contribution in [0.3, 0.4) is 0 Å². The molecule has 1 aromatic heterocycles. The Morgan fingerprint density at radius 2 is 2.00 bits per heavy atom. The molecule has 3 N–H and O–H groups in total. The van der Waals surface area contributed by atoms with Crippen LogP contribution < -0.4 is 21.5 Å². The van der Waals surface area contributed by atoms with Crippen molar-refractivity contribution in [2.24, 2.45) is 11.3 Å². The number of carbonyl (C=O) groups excluding carboxylic acids is 3. The summed E-state index contributed by atoms with van der Waals surface area (Å²) in [6.07, 6.45) is 2.48. The van der Waals surface area contributed by atoms with Gasteiger partial charge in [-0.25, -0.2) is 4.98 Å². The molecule has 1 fully saturated rings. The smallest absolute Gasteiger partial charge is 0.254 e. The summed E-state index contributed by atoms with van der Waals surface area (Å²) in [5, 5.41) is 8.85. The van der Waals surface area contributed by atoms with Crippen LogP contribution in [0.15, 0.2) is 35.4 Å². The highest BCUT2D eigenvalue weighted by Gasteiger charge is 2.23. The molecule has 2 aromatic rings. The highest BCUT2D eigenvalue weighted by atomic mass is 35.5. The van der Waals surface area contributed by atoms with E-state index in [9.17, 15) is 19.2 Å². The molecule has 3 rings (SSSR count). The molecule has 1 aromatic carbocycles. The average Bonchev–Trinajstić information content (AvgIpc) is 2.74. The minimum absolute atomic E-state index is 0.0251. The minimum Gasteiger partial charge on any atom is -0.356 e. The van der Waals surface area contributed by atoms with E-state index in [1.54, 1.807) is 39.0 Å². The number of rotatable bonds is 6. The van der Waals surface area contributed by atoms with Crippen LogP contribution in [0, 0.1) is 11.3 Å². The summed E-state index contributed by atoms with van der Waals surface area (Å²) >= 11 is 6.11. The molecule has 0 saturated carbocycles. The van der Waals surface area contributed by atoms with Crippen molar-refractivity contribution in [1.82, 2.24) is 20.2 Å². The van der Waals surface area contributed by atoms with Crippen LogP contribution in [0.4, 0.5) is 5.69 Å². The number of anilines is 1. The summed E-state index contributed by atoms with van der Waals surface area (Å²) < 4.78 is 1.21. The lowest BCUT2D eigenvalue weighted by Gasteiger charge is -2.22. The van der Waals surface area contributed by atoms with E-state index in [0.29, 0.717) is 41.5 Å². The van der Waals surface area contributed by atoms with E-state index in [4.69, 9.17) is 11.6 Å². The fraction of sp³-hybridized carbons (Fsp3) is 0.435. The van der Waals surface area contributed by atoms with Gasteiger partial charge in [-0.1, -0.05) is 32.4 Å². The first kappa shape index (κ1) is 24.4. The van der Waals surface area contributed by atoms with Crippen molar-refractivity contribution in [1.29, 1.82) is 0 Å². The van der Waals surface area contributed by atoms with Gasteiger partial charge in [0.2, 0.25) is 17.7 Å². The Balaban J connectivity index is 1.70. The summed E-state index contributed by atoms with van der Waals surface area (Å²) in [6, 6.07) is 6.26. The third-order valence-corrected chi connectivity index (χ3v) is 5.57. The Hall–Kier alpha value is -3.20. The number of aromatic nitrogens is 2. The maximum absolute atomic E-state index is 12.6. The standard InChI is InChI=1S/C23H28ClN5O4/c1-23(2,3)22(33)28-18-8-15(24)5-6-16(18)17-9-21(32)29(13-27-17)12-20(31)26-11-14-4-7-19(30)25-10-14/h5-6,8-9,13-14H,4,7,10-12H2,1-3H3,(H,25,30)(H,26,31)(H,28,33). The predicted octanol–water partition coefficient (Wildman–Crippen LogP) is 2.19. The van der Waals surface area contributed by atoms with E-state index in [2.05, 4.69) is 20.9 Å². The second-order valence-corrected chi connectivity index (χ2v) is 9.58. The van der Waals surface area contributed by atoms with Gasteiger partial charge in [-0.2, -0.15) is 0 Å². The van der Waals surface area contributed by atoms with Gasteiger partial charge in [0.15, 0.2) is 0 Å². The Kier molecular flexibility index (Phi) is 7.53. The maximum atomic E-state index is 12.6. The first-order chi connectivity index (χ1) is 15.5. The van der Waals surface area contributed by atoms with Crippen molar-refractivity contribution < 1.29 is 14.4 Å². The first-order valence-electron chi connectivity index (χ1n) is 10.7. The highest BCUT2D eigenvalue weighted by Crippen LogP contribution is 2.30. The molecule has 0 bridgehead atoms. The second-order valence-electron chi connectivity index (χ2n) is 9.15.